The molecule has 1 atom stereocenters. The Hall–Kier alpha value is -2.55. The number of furan rings is 1. The molecule has 22 heavy (non-hydrogen) atoms. The highest BCUT2D eigenvalue weighted by Gasteiger charge is 2.31. The summed E-state index contributed by atoms with van der Waals surface area (Å²) in [5, 5.41) is 1.07. The summed E-state index contributed by atoms with van der Waals surface area (Å²) in [6, 6.07) is 10.2. The molecule has 0 aliphatic carbocycles. The number of allylic oxidation sites excluding steroid dienone is 2. The minimum Gasteiger partial charge on any atom is -0.454 e. The number of nitrogens with zero attached hydrogens (tertiary/aromatic N) is 2. The molecule has 0 fully saturated rings. The Kier molecular flexibility index (Phi) is 2.67. The third kappa shape index (κ3) is 1.72. The number of aromatic nitrogens is 1. The van der Waals surface area contributed by atoms with E-state index in [1.54, 1.807) is 0 Å². The highest BCUT2D eigenvalue weighted by atomic mass is 16.3. The molecular formula is C19H18N2O. The standard InChI is InChI=1S/C19H18N2O/c1-13-15(19(2)10-6-7-11-21(19)3)12-17-18(20-13)14-8-4-5-9-16(14)22-17/h4-12H,1-3H3. The number of benzene rings is 1. The highest BCUT2D eigenvalue weighted by Crippen LogP contribution is 2.36. The molecule has 1 aliphatic rings. The van der Waals surface area contributed by atoms with Gasteiger partial charge in [0.2, 0.25) is 0 Å². The zero-order valence-electron chi connectivity index (χ0n) is 13.0. The maximum absolute atomic E-state index is 6.00. The number of para-hydroxylation sites is 1. The van der Waals surface area contributed by atoms with Gasteiger partial charge >= 0.3 is 0 Å². The van der Waals surface area contributed by atoms with E-state index in [-0.39, 0.29) is 5.54 Å². The number of likely N-dealkylation sites (N-methyl/N-ethyl adjacent to an activating group) is 1. The fraction of sp³-hybridized carbons (Fsp3) is 0.211. The van der Waals surface area contributed by atoms with Crippen LogP contribution in [0.4, 0.5) is 0 Å². The van der Waals surface area contributed by atoms with Gasteiger partial charge in [-0.1, -0.05) is 24.3 Å². The third-order valence-corrected chi connectivity index (χ3v) is 4.66. The van der Waals surface area contributed by atoms with Crippen LogP contribution in [0.1, 0.15) is 18.2 Å². The van der Waals surface area contributed by atoms with Gasteiger partial charge in [0.05, 0.1) is 5.54 Å². The van der Waals surface area contributed by atoms with Crippen molar-refractivity contribution in [2.75, 3.05) is 7.05 Å². The SMILES string of the molecule is Cc1nc2c(cc1C1(C)C=CC=CN1C)oc1ccccc12. The first-order chi connectivity index (χ1) is 10.6. The van der Waals surface area contributed by atoms with Gasteiger partial charge in [0, 0.05) is 23.7 Å². The first kappa shape index (κ1) is 13.1. The van der Waals surface area contributed by atoms with Gasteiger partial charge in [-0.3, -0.25) is 0 Å². The molecule has 0 radical (unpaired) electrons. The smallest absolute Gasteiger partial charge is 0.154 e. The molecule has 2 aromatic heterocycles. The van der Waals surface area contributed by atoms with Crippen molar-refractivity contribution in [1.82, 2.24) is 9.88 Å². The average molecular weight is 290 g/mol. The molecule has 1 aliphatic heterocycles. The first-order valence-corrected chi connectivity index (χ1v) is 7.48. The largest absolute Gasteiger partial charge is 0.454 e. The molecule has 0 saturated carbocycles. The molecule has 0 amide bonds. The molecule has 3 heterocycles. The molecule has 3 aromatic rings. The number of hydrogen-bond acceptors (Lipinski definition) is 3. The minimum absolute atomic E-state index is 0.209. The van der Waals surface area contributed by atoms with E-state index in [0.29, 0.717) is 0 Å². The van der Waals surface area contributed by atoms with Crippen molar-refractivity contribution in [3.63, 3.8) is 0 Å². The minimum atomic E-state index is -0.209. The van der Waals surface area contributed by atoms with Gasteiger partial charge in [-0.05, 0) is 44.3 Å². The maximum atomic E-state index is 6.00. The summed E-state index contributed by atoms with van der Waals surface area (Å²) in [4.78, 5) is 7.04. The van der Waals surface area contributed by atoms with Crippen LogP contribution >= 0.6 is 0 Å². The molecule has 3 heteroatoms. The van der Waals surface area contributed by atoms with Gasteiger partial charge in [0.25, 0.3) is 0 Å². The zero-order chi connectivity index (χ0) is 15.3. The van der Waals surface area contributed by atoms with Crippen molar-refractivity contribution < 1.29 is 4.42 Å². The summed E-state index contributed by atoms with van der Waals surface area (Å²) in [5.74, 6) is 0. The fourth-order valence-electron chi connectivity index (χ4n) is 3.21. The second-order valence-corrected chi connectivity index (χ2v) is 6.03. The van der Waals surface area contributed by atoms with E-state index in [0.717, 1.165) is 27.8 Å². The zero-order valence-corrected chi connectivity index (χ0v) is 13.0. The molecule has 1 aromatic carbocycles. The van der Waals surface area contributed by atoms with E-state index in [1.807, 2.05) is 24.3 Å². The fourth-order valence-corrected chi connectivity index (χ4v) is 3.21. The summed E-state index contributed by atoms with van der Waals surface area (Å²) in [6.07, 6.45) is 8.42. The van der Waals surface area contributed by atoms with Gasteiger partial charge in [0.15, 0.2) is 5.58 Å². The van der Waals surface area contributed by atoms with Crippen LogP contribution in [0.2, 0.25) is 0 Å². The first-order valence-electron chi connectivity index (χ1n) is 7.48. The Bertz CT molecular complexity index is 935. The second kappa shape index (κ2) is 4.47. The van der Waals surface area contributed by atoms with Crippen LogP contribution in [-0.2, 0) is 5.54 Å². The highest BCUT2D eigenvalue weighted by molar-refractivity contribution is 6.02. The Balaban J connectivity index is 2.00. The van der Waals surface area contributed by atoms with Crippen LogP contribution in [0.25, 0.3) is 22.1 Å². The molecule has 0 spiro atoms. The van der Waals surface area contributed by atoms with Gasteiger partial charge in [-0.15, -0.1) is 0 Å². The van der Waals surface area contributed by atoms with Crippen LogP contribution in [0.15, 0.2) is 59.2 Å². The molecule has 0 N–H and O–H groups in total. The Labute approximate surface area is 129 Å². The molecule has 0 saturated heterocycles. The molecule has 3 nitrogen and oxygen atoms in total. The van der Waals surface area contributed by atoms with Crippen molar-refractivity contribution in [1.29, 1.82) is 0 Å². The number of rotatable bonds is 1. The predicted molar refractivity (Wildman–Crippen MR) is 89.6 cm³/mol. The van der Waals surface area contributed by atoms with E-state index in [4.69, 9.17) is 9.40 Å². The molecule has 1 unspecified atom stereocenters. The van der Waals surface area contributed by atoms with Crippen molar-refractivity contribution in [3.8, 4) is 0 Å². The normalized spacial score (nSPS) is 21.1. The van der Waals surface area contributed by atoms with E-state index in [2.05, 4.69) is 56.3 Å². The lowest BCUT2D eigenvalue weighted by Gasteiger charge is -2.38. The Morgan fingerprint density at radius 1 is 1.14 bits per heavy atom. The van der Waals surface area contributed by atoms with Crippen LogP contribution in [0.5, 0.6) is 0 Å². The van der Waals surface area contributed by atoms with E-state index >= 15 is 0 Å². The van der Waals surface area contributed by atoms with Crippen LogP contribution < -0.4 is 0 Å². The molecular weight excluding hydrogens is 272 g/mol. The Morgan fingerprint density at radius 3 is 2.77 bits per heavy atom. The molecule has 110 valence electrons. The number of hydrogen-bond donors (Lipinski definition) is 0. The van der Waals surface area contributed by atoms with Crippen LogP contribution in [-0.4, -0.2) is 16.9 Å². The van der Waals surface area contributed by atoms with Gasteiger partial charge in [-0.2, -0.15) is 0 Å². The van der Waals surface area contributed by atoms with Crippen molar-refractivity contribution in [3.05, 3.63) is 66.0 Å². The lowest BCUT2D eigenvalue weighted by molar-refractivity contribution is 0.260. The van der Waals surface area contributed by atoms with Gasteiger partial charge in [-0.25, -0.2) is 4.98 Å². The van der Waals surface area contributed by atoms with Crippen LogP contribution in [0.3, 0.4) is 0 Å². The van der Waals surface area contributed by atoms with E-state index in [9.17, 15) is 0 Å². The summed E-state index contributed by atoms with van der Waals surface area (Å²) in [5.41, 5.74) is 4.67. The second-order valence-electron chi connectivity index (χ2n) is 6.03. The number of aryl methyl sites for hydroxylation is 1. The van der Waals surface area contributed by atoms with Crippen molar-refractivity contribution in [2.45, 2.75) is 19.4 Å². The summed E-state index contributed by atoms with van der Waals surface area (Å²) in [6.45, 7) is 4.27. The van der Waals surface area contributed by atoms with Crippen molar-refractivity contribution >= 4 is 22.1 Å². The predicted octanol–water partition coefficient (Wildman–Crippen LogP) is 4.52. The van der Waals surface area contributed by atoms with E-state index < -0.39 is 0 Å². The summed E-state index contributed by atoms with van der Waals surface area (Å²) in [7, 11) is 2.09. The Morgan fingerprint density at radius 2 is 1.95 bits per heavy atom. The lowest BCUT2D eigenvalue weighted by atomic mass is 9.87. The van der Waals surface area contributed by atoms with Gasteiger partial charge < -0.3 is 9.32 Å². The summed E-state index contributed by atoms with van der Waals surface area (Å²) >= 11 is 0. The quantitative estimate of drug-likeness (QED) is 0.660. The number of pyridine rings is 1. The monoisotopic (exact) mass is 290 g/mol. The van der Waals surface area contributed by atoms with Gasteiger partial charge in [0.1, 0.15) is 11.1 Å². The van der Waals surface area contributed by atoms with Crippen molar-refractivity contribution in [2.24, 2.45) is 0 Å². The molecule has 0 bridgehead atoms. The topological polar surface area (TPSA) is 29.3 Å². The molecule has 4 rings (SSSR count). The lowest BCUT2D eigenvalue weighted by Crippen LogP contribution is -2.37. The summed E-state index contributed by atoms with van der Waals surface area (Å²) < 4.78 is 6.00. The maximum Gasteiger partial charge on any atom is 0.154 e. The average Bonchev–Trinajstić information content (AvgIpc) is 2.87. The van der Waals surface area contributed by atoms with Crippen LogP contribution in [0, 0.1) is 6.92 Å². The number of fused-ring (bicyclic) bond motifs is 3. The van der Waals surface area contributed by atoms with E-state index in [1.165, 1.54) is 5.56 Å². The third-order valence-electron chi connectivity index (χ3n) is 4.66.